The number of aromatic nitrogens is 4. The third kappa shape index (κ3) is 4.08. The van der Waals surface area contributed by atoms with Crippen LogP contribution in [0.15, 0.2) is 24.4 Å². The van der Waals surface area contributed by atoms with Gasteiger partial charge in [-0.1, -0.05) is 0 Å². The fourth-order valence-corrected chi connectivity index (χ4v) is 4.25. The number of hydrogen-bond donors (Lipinski definition) is 1. The number of ether oxygens (including phenoxy) is 1. The van der Waals surface area contributed by atoms with Gasteiger partial charge in [-0.3, -0.25) is 4.79 Å². The zero-order chi connectivity index (χ0) is 19.7. The molecule has 28 heavy (non-hydrogen) atoms. The molecular weight excluding hydrogens is 493 g/mol. The molecule has 1 aliphatic rings. The van der Waals surface area contributed by atoms with E-state index in [-0.39, 0.29) is 27.3 Å². The Morgan fingerprint density at radius 3 is 2.71 bits per heavy atom. The van der Waals surface area contributed by atoms with Crippen molar-refractivity contribution in [3.63, 3.8) is 0 Å². The summed E-state index contributed by atoms with van der Waals surface area (Å²) in [5.74, 6) is 0.465. The van der Waals surface area contributed by atoms with Crippen LogP contribution in [0.1, 0.15) is 6.92 Å². The van der Waals surface area contributed by atoms with Crippen LogP contribution < -0.4 is 30.9 Å². The van der Waals surface area contributed by atoms with E-state index in [4.69, 9.17) is 22.0 Å². The molecule has 0 amide bonds. The van der Waals surface area contributed by atoms with Gasteiger partial charge in [0.15, 0.2) is 0 Å². The number of nitrogens with one attached hydrogen (secondary N) is 1. The van der Waals surface area contributed by atoms with Crippen LogP contribution in [-0.2, 0) is 4.79 Å². The Bertz CT molecular complexity index is 1010. The number of H-pyrrole nitrogens is 1. The summed E-state index contributed by atoms with van der Waals surface area (Å²) >= 11 is 6.07. The third-order valence-corrected chi connectivity index (χ3v) is 6.39. The Morgan fingerprint density at radius 1 is 1.29 bits per heavy atom. The summed E-state index contributed by atoms with van der Waals surface area (Å²) in [6.07, 6.45) is 1.76. The van der Waals surface area contributed by atoms with Crippen LogP contribution in [-0.4, -0.2) is 60.9 Å². The van der Waals surface area contributed by atoms with Crippen molar-refractivity contribution in [1.29, 1.82) is 0 Å². The first-order valence-electron chi connectivity index (χ1n) is 8.58. The number of anilines is 1. The van der Waals surface area contributed by atoms with Gasteiger partial charge in [-0.25, -0.2) is 0 Å². The molecule has 0 saturated carbocycles. The molecule has 0 atom stereocenters. The van der Waals surface area contributed by atoms with Crippen molar-refractivity contribution in [2.75, 3.05) is 31.1 Å². The first-order chi connectivity index (χ1) is 13.5. The van der Waals surface area contributed by atoms with Crippen LogP contribution in [0.5, 0.6) is 6.01 Å². The second kappa shape index (κ2) is 8.22. The van der Waals surface area contributed by atoms with Crippen molar-refractivity contribution in [2.45, 2.75) is 6.92 Å². The van der Waals surface area contributed by atoms with Crippen LogP contribution in [0.4, 0.5) is 5.82 Å². The van der Waals surface area contributed by atoms with E-state index in [1.165, 1.54) is 6.92 Å². The molecule has 4 heterocycles. The molecule has 0 aliphatic carbocycles. The van der Waals surface area contributed by atoms with Gasteiger partial charge in [0.05, 0.1) is 0 Å². The van der Waals surface area contributed by atoms with E-state index in [1.807, 2.05) is 12.1 Å². The van der Waals surface area contributed by atoms with E-state index in [0.717, 1.165) is 37.6 Å². The molecule has 0 aromatic carbocycles. The Morgan fingerprint density at radius 2 is 2.07 bits per heavy atom. The number of carbonyl (C=O) groups excluding carboxylic acids is 1. The summed E-state index contributed by atoms with van der Waals surface area (Å²) in [6, 6.07) is 5.72. The summed E-state index contributed by atoms with van der Waals surface area (Å²) in [5, 5.41) is 0.459. The molecule has 8 nitrogen and oxygen atoms in total. The number of piperazine rings is 1. The summed E-state index contributed by atoms with van der Waals surface area (Å²) in [6.45, 7) is 5.09. The predicted octanol–water partition coefficient (Wildman–Crippen LogP) is -1.19. The Hall–Kier alpha value is -1.92. The third-order valence-electron chi connectivity index (χ3n) is 4.35. The number of rotatable bonds is 4. The molecule has 11 heteroatoms. The number of imidazole rings is 1. The molecule has 1 N–H and O–H groups in total. The monoisotopic (exact) mass is 509 g/mol. The van der Waals surface area contributed by atoms with Gasteiger partial charge in [-0.15, -0.1) is 0 Å². The number of nitrogens with zero attached hydrogens (tertiary/aromatic N) is 5. The van der Waals surface area contributed by atoms with Crippen LogP contribution in [0.3, 0.4) is 0 Å². The van der Waals surface area contributed by atoms with Crippen molar-refractivity contribution in [3.8, 4) is 17.3 Å². The summed E-state index contributed by atoms with van der Waals surface area (Å²) in [5.41, 5.74) is 8.18. The van der Waals surface area contributed by atoms with Crippen molar-refractivity contribution in [1.82, 2.24) is 23.0 Å². The number of carbonyl (C=O) groups is 1. The quantitative estimate of drug-likeness (QED) is 0.205. The fraction of sp³-hybridized carbons (Fsp3) is 0.294. The van der Waals surface area contributed by atoms with Crippen molar-refractivity contribution >= 4 is 40.3 Å². The van der Waals surface area contributed by atoms with E-state index in [1.54, 1.807) is 12.3 Å². The molecule has 4 rings (SSSR count). The van der Waals surface area contributed by atoms with Crippen LogP contribution in [0.2, 0.25) is 5.02 Å². The number of fused-ring (bicyclic) bond motifs is 1. The molecule has 144 valence electrons. The molecule has 2 radical (unpaired) electrons. The minimum absolute atomic E-state index is 0.0933. The molecule has 1 aliphatic heterocycles. The molecule has 3 aromatic rings. The molecule has 3 aromatic heterocycles. The number of halogens is 2. The van der Waals surface area contributed by atoms with E-state index in [2.05, 4.69) is 27.9 Å². The van der Waals surface area contributed by atoms with Gasteiger partial charge in [0, 0.05) is 6.92 Å². The summed E-state index contributed by atoms with van der Waals surface area (Å²) < 4.78 is 7.28. The van der Waals surface area contributed by atoms with Crippen LogP contribution in [0.25, 0.3) is 22.4 Å². The summed E-state index contributed by atoms with van der Waals surface area (Å²) in [4.78, 5) is 29.5. The molecule has 0 unspecified atom stereocenters. The van der Waals surface area contributed by atoms with Gasteiger partial charge < -0.3 is 9.72 Å². The van der Waals surface area contributed by atoms with Crippen molar-refractivity contribution in [3.05, 3.63) is 29.4 Å². The van der Waals surface area contributed by atoms with E-state index in [0.29, 0.717) is 21.9 Å². The number of pyridine rings is 2. The Kier molecular flexibility index (Phi) is 5.69. The molecule has 0 bridgehead atoms. The van der Waals surface area contributed by atoms with E-state index < -0.39 is 5.97 Å². The molecule has 1 fully saturated rings. The SMILES string of the molecule is [B][I-]N1CCN(c2ccc(-c3nc4nc(OC(C)=O)[nH]c4cc3Cl)cn2)CC1. The predicted molar refractivity (Wildman–Crippen MR) is 103 cm³/mol. The maximum absolute atomic E-state index is 11.1. The zero-order valence-electron chi connectivity index (χ0n) is 15.0. The minimum atomic E-state index is -0.459. The van der Waals surface area contributed by atoms with E-state index >= 15 is 0 Å². The first kappa shape index (κ1) is 19.4. The Balaban J connectivity index is 1.57. The van der Waals surface area contributed by atoms with Gasteiger partial charge in [-0.2, -0.15) is 0 Å². The van der Waals surface area contributed by atoms with Gasteiger partial charge in [0.2, 0.25) is 0 Å². The number of esters is 1. The maximum atomic E-state index is 11.1. The molecular formula is C17H16BClIN6O2-. The average Bonchev–Trinajstić information content (AvgIpc) is 3.07. The van der Waals surface area contributed by atoms with Gasteiger partial charge >= 0.3 is 157 Å². The van der Waals surface area contributed by atoms with Gasteiger partial charge in [-0.05, 0) is 0 Å². The zero-order valence-corrected chi connectivity index (χ0v) is 17.9. The Labute approximate surface area is 178 Å². The first-order valence-corrected chi connectivity index (χ1v) is 11.2. The fourth-order valence-electron chi connectivity index (χ4n) is 3.00. The summed E-state index contributed by atoms with van der Waals surface area (Å²) in [7, 11) is 0. The average molecular weight is 510 g/mol. The normalized spacial score (nSPS) is 15.3. The molecule has 1 saturated heterocycles. The number of aromatic amines is 1. The van der Waals surface area contributed by atoms with Crippen LogP contribution >= 0.6 is 11.6 Å². The standard InChI is InChI=1S/C17H16BClIN6O2/c1-10(27)28-17-22-13-8-12(19)15(23-16(13)24-17)11-2-3-14(21-9-11)25-4-6-26(20-18)7-5-25/h2-3,8-9H,4-7H2,1H3,(H,22,23,24)/q-1. The van der Waals surface area contributed by atoms with Crippen molar-refractivity contribution in [2.24, 2.45) is 0 Å². The molecule has 0 spiro atoms. The second-order valence-corrected chi connectivity index (χ2v) is 8.55. The van der Waals surface area contributed by atoms with Gasteiger partial charge in [0.25, 0.3) is 0 Å². The van der Waals surface area contributed by atoms with Crippen molar-refractivity contribution < 1.29 is 30.8 Å². The van der Waals surface area contributed by atoms with Gasteiger partial charge in [0.1, 0.15) is 0 Å². The number of hydrogen-bond acceptors (Lipinski definition) is 7. The van der Waals surface area contributed by atoms with Crippen LogP contribution in [0, 0.1) is 0 Å². The van der Waals surface area contributed by atoms with E-state index in [9.17, 15) is 4.79 Å². The topological polar surface area (TPSA) is 87.2 Å². The second-order valence-electron chi connectivity index (χ2n) is 6.23.